The summed E-state index contributed by atoms with van der Waals surface area (Å²) in [7, 11) is 2.05. The maximum absolute atomic E-state index is 12.8. The molecular formula is C19H24N4OS2. The molecule has 26 heavy (non-hydrogen) atoms. The fraction of sp³-hybridized carbons (Fsp3) is 0.526. The lowest BCUT2D eigenvalue weighted by Crippen LogP contribution is -2.26. The molecule has 0 fully saturated rings. The molecule has 5 nitrogen and oxygen atoms in total. The minimum atomic E-state index is 0.0156. The van der Waals surface area contributed by atoms with E-state index in [0.29, 0.717) is 5.92 Å². The molecule has 7 heteroatoms. The summed E-state index contributed by atoms with van der Waals surface area (Å²) in [6, 6.07) is 0.0205. The third kappa shape index (κ3) is 3.23. The average molecular weight is 389 g/mol. The Bertz CT molecular complexity index is 1000. The van der Waals surface area contributed by atoms with E-state index < -0.39 is 0 Å². The number of rotatable bonds is 4. The van der Waals surface area contributed by atoms with Crippen LogP contribution in [-0.4, -0.2) is 26.9 Å². The summed E-state index contributed by atoms with van der Waals surface area (Å²) in [5, 5.41) is 3.99. The molecule has 0 aromatic carbocycles. The quantitative estimate of drug-likeness (QED) is 0.732. The van der Waals surface area contributed by atoms with E-state index in [9.17, 15) is 4.79 Å². The van der Waals surface area contributed by atoms with Crippen molar-refractivity contribution in [2.24, 2.45) is 5.92 Å². The third-order valence-corrected chi connectivity index (χ3v) is 7.29. The van der Waals surface area contributed by atoms with Crippen LogP contribution in [0.5, 0.6) is 0 Å². The summed E-state index contributed by atoms with van der Waals surface area (Å²) in [5.74, 6) is 1.43. The number of H-pyrrole nitrogens is 1. The van der Waals surface area contributed by atoms with Crippen LogP contribution in [0.2, 0.25) is 0 Å². The predicted octanol–water partition coefficient (Wildman–Crippen LogP) is 4.07. The zero-order valence-corrected chi connectivity index (χ0v) is 17.3. The molecule has 0 spiro atoms. The van der Waals surface area contributed by atoms with E-state index >= 15 is 0 Å². The number of aryl methyl sites for hydroxylation is 2. The van der Waals surface area contributed by atoms with E-state index in [-0.39, 0.29) is 11.6 Å². The number of fused-ring (bicyclic) bond motifs is 3. The molecule has 3 aromatic rings. The molecule has 3 aromatic heterocycles. The van der Waals surface area contributed by atoms with Gasteiger partial charge >= 0.3 is 0 Å². The van der Waals surface area contributed by atoms with Crippen molar-refractivity contribution >= 4 is 32.9 Å². The van der Waals surface area contributed by atoms with Gasteiger partial charge in [-0.1, -0.05) is 6.92 Å². The molecule has 3 heterocycles. The smallest absolute Gasteiger partial charge is 0.259 e. The van der Waals surface area contributed by atoms with E-state index in [2.05, 4.69) is 34.1 Å². The Morgan fingerprint density at radius 1 is 1.42 bits per heavy atom. The van der Waals surface area contributed by atoms with Gasteiger partial charge in [0.15, 0.2) is 0 Å². The van der Waals surface area contributed by atoms with Gasteiger partial charge in [0.1, 0.15) is 10.7 Å². The highest BCUT2D eigenvalue weighted by atomic mass is 32.1. The molecular weight excluding hydrogens is 364 g/mol. The molecule has 1 aliphatic rings. The Labute approximate surface area is 161 Å². The Balaban J connectivity index is 1.65. The number of hydrogen-bond acceptors (Lipinski definition) is 6. The van der Waals surface area contributed by atoms with E-state index in [1.165, 1.54) is 10.4 Å². The number of hydrogen-bond donors (Lipinski definition) is 1. The second-order valence-corrected chi connectivity index (χ2v) is 9.58. The molecule has 0 saturated carbocycles. The molecule has 4 rings (SSSR count). The fourth-order valence-corrected chi connectivity index (χ4v) is 5.64. The van der Waals surface area contributed by atoms with Crippen molar-refractivity contribution < 1.29 is 0 Å². The number of nitrogens with zero attached hydrogens (tertiary/aromatic N) is 3. The number of nitrogens with one attached hydrogen (secondary N) is 1. The lowest BCUT2D eigenvalue weighted by Gasteiger charge is -2.23. The molecule has 0 amide bonds. The molecule has 0 bridgehead atoms. The summed E-state index contributed by atoms with van der Waals surface area (Å²) >= 11 is 3.37. The Kier molecular flexibility index (Phi) is 4.71. The maximum Gasteiger partial charge on any atom is 0.259 e. The van der Waals surface area contributed by atoms with Crippen LogP contribution >= 0.6 is 22.7 Å². The van der Waals surface area contributed by atoms with E-state index in [1.807, 2.05) is 14.0 Å². The van der Waals surface area contributed by atoms with Crippen LogP contribution in [-0.2, 0) is 19.4 Å². The summed E-state index contributed by atoms with van der Waals surface area (Å²) < 4.78 is 0. The summed E-state index contributed by atoms with van der Waals surface area (Å²) in [6.45, 7) is 7.13. The molecule has 2 atom stereocenters. The highest BCUT2D eigenvalue weighted by molar-refractivity contribution is 7.18. The van der Waals surface area contributed by atoms with Gasteiger partial charge in [0.25, 0.3) is 5.56 Å². The lowest BCUT2D eigenvalue weighted by molar-refractivity contribution is 0.241. The third-order valence-electron chi connectivity index (χ3n) is 5.32. The van der Waals surface area contributed by atoms with Crippen LogP contribution < -0.4 is 5.56 Å². The zero-order chi connectivity index (χ0) is 18.4. The maximum atomic E-state index is 12.8. The van der Waals surface area contributed by atoms with Crippen LogP contribution in [0.25, 0.3) is 10.2 Å². The second-order valence-electron chi connectivity index (χ2n) is 7.43. The number of aromatic amines is 1. The number of thiazole rings is 1. The van der Waals surface area contributed by atoms with Gasteiger partial charge in [0.2, 0.25) is 0 Å². The standard InChI is InChI=1S/C19H24N4OS2/c1-10-5-6-14-15(7-10)26-19-16(14)18(24)21-17(22-19)11(2)23(4)8-13-9-25-12(3)20-13/h9-11H,5-8H2,1-4H3,(H,21,22,24). The first-order valence-electron chi connectivity index (χ1n) is 9.08. The molecule has 1 N–H and O–H groups in total. The topological polar surface area (TPSA) is 61.9 Å². The van der Waals surface area contributed by atoms with Crippen molar-refractivity contribution in [1.29, 1.82) is 0 Å². The van der Waals surface area contributed by atoms with Crippen molar-refractivity contribution in [3.05, 3.63) is 42.7 Å². The Morgan fingerprint density at radius 3 is 2.96 bits per heavy atom. The Morgan fingerprint density at radius 2 is 2.23 bits per heavy atom. The van der Waals surface area contributed by atoms with Gasteiger partial charge in [-0.25, -0.2) is 9.97 Å². The molecule has 0 saturated heterocycles. The summed E-state index contributed by atoms with van der Waals surface area (Å²) in [6.07, 6.45) is 3.23. The monoisotopic (exact) mass is 388 g/mol. The Hall–Kier alpha value is -1.57. The second kappa shape index (κ2) is 6.87. The van der Waals surface area contributed by atoms with Crippen molar-refractivity contribution in [3.8, 4) is 0 Å². The van der Waals surface area contributed by atoms with Gasteiger partial charge in [-0.2, -0.15) is 0 Å². The van der Waals surface area contributed by atoms with Crippen molar-refractivity contribution in [1.82, 2.24) is 19.9 Å². The van der Waals surface area contributed by atoms with Gasteiger partial charge in [-0.3, -0.25) is 9.69 Å². The normalized spacial score (nSPS) is 18.4. The molecule has 138 valence electrons. The summed E-state index contributed by atoms with van der Waals surface area (Å²) in [4.78, 5) is 29.6. The first kappa shape index (κ1) is 17.8. The van der Waals surface area contributed by atoms with Crippen LogP contribution in [0.3, 0.4) is 0 Å². The SMILES string of the molecule is Cc1nc(CN(C)C(C)c2nc3sc4c(c3c(=O)[nH]2)CCC(C)C4)cs1. The molecule has 0 aliphatic heterocycles. The number of aromatic nitrogens is 3. The minimum Gasteiger partial charge on any atom is -0.309 e. The van der Waals surface area contributed by atoms with Crippen LogP contribution in [0.15, 0.2) is 10.2 Å². The molecule has 1 aliphatic carbocycles. The average Bonchev–Trinajstić information content (AvgIpc) is 3.16. The van der Waals surface area contributed by atoms with Gasteiger partial charge in [0, 0.05) is 16.8 Å². The van der Waals surface area contributed by atoms with Gasteiger partial charge in [0.05, 0.1) is 22.1 Å². The predicted molar refractivity (Wildman–Crippen MR) is 108 cm³/mol. The molecule has 0 radical (unpaired) electrons. The zero-order valence-electron chi connectivity index (χ0n) is 15.6. The number of thiophene rings is 1. The van der Waals surface area contributed by atoms with Crippen molar-refractivity contribution in [2.45, 2.75) is 52.6 Å². The summed E-state index contributed by atoms with van der Waals surface area (Å²) in [5.41, 5.74) is 2.31. The fourth-order valence-electron chi connectivity index (χ4n) is 3.65. The largest absolute Gasteiger partial charge is 0.309 e. The molecule has 2 unspecified atom stereocenters. The van der Waals surface area contributed by atoms with E-state index in [0.717, 1.165) is 52.5 Å². The van der Waals surface area contributed by atoms with E-state index in [4.69, 9.17) is 4.98 Å². The van der Waals surface area contributed by atoms with Crippen LogP contribution in [0.4, 0.5) is 0 Å². The van der Waals surface area contributed by atoms with Crippen molar-refractivity contribution in [2.75, 3.05) is 7.05 Å². The van der Waals surface area contributed by atoms with Crippen molar-refractivity contribution in [3.63, 3.8) is 0 Å². The van der Waals surface area contributed by atoms with Crippen LogP contribution in [0, 0.1) is 12.8 Å². The van der Waals surface area contributed by atoms with Gasteiger partial charge in [-0.05, 0) is 51.6 Å². The highest BCUT2D eigenvalue weighted by Gasteiger charge is 2.24. The highest BCUT2D eigenvalue weighted by Crippen LogP contribution is 2.36. The lowest BCUT2D eigenvalue weighted by atomic mass is 9.89. The first-order valence-corrected chi connectivity index (χ1v) is 10.8. The van der Waals surface area contributed by atoms with Gasteiger partial charge < -0.3 is 4.98 Å². The van der Waals surface area contributed by atoms with Crippen LogP contribution in [0.1, 0.15) is 53.3 Å². The minimum absolute atomic E-state index is 0.0156. The van der Waals surface area contributed by atoms with Gasteiger partial charge in [-0.15, -0.1) is 22.7 Å². The first-order chi connectivity index (χ1) is 12.4. The van der Waals surface area contributed by atoms with E-state index in [1.54, 1.807) is 22.7 Å².